The van der Waals surface area contributed by atoms with Crippen LogP contribution >= 0.6 is 0 Å². The van der Waals surface area contributed by atoms with Crippen molar-refractivity contribution in [2.24, 2.45) is 0 Å². The van der Waals surface area contributed by atoms with E-state index in [0.717, 1.165) is 13.1 Å². The van der Waals surface area contributed by atoms with Gasteiger partial charge in [-0.3, -0.25) is 9.59 Å². The first-order valence-corrected chi connectivity index (χ1v) is 4.50. The minimum absolute atomic E-state index is 0.167. The van der Waals surface area contributed by atoms with E-state index in [9.17, 15) is 9.59 Å². The first-order chi connectivity index (χ1) is 6.02. The number of rotatable bonds is 5. The molecule has 0 saturated heterocycles. The quantitative estimate of drug-likeness (QED) is 0.367. The van der Waals surface area contributed by atoms with Crippen molar-refractivity contribution >= 4 is 11.6 Å². The first kappa shape index (κ1) is 11.9. The molecule has 3 nitrogen and oxygen atoms in total. The van der Waals surface area contributed by atoms with Crippen molar-refractivity contribution in [3.05, 3.63) is 11.8 Å². The Kier molecular flexibility index (Phi) is 5.04. The molecule has 0 fully saturated rings. The van der Waals surface area contributed by atoms with E-state index in [0.29, 0.717) is 0 Å². The van der Waals surface area contributed by atoms with Crippen molar-refractivity contribution in [3.63, 3.8) is 0 Å². The zero-order valence-corrected chi connectivity index (χ0v) is 8.76. The molecule has 0 unspecified atom stereocenters. The molecule has 13 heavy (non-hydrogen) atoms. The van der Waals surface area contributed by atoms with Crippen LogP contribution in [0, 0.1) is 0 Å². The Morgan fingerprint density at radius 1 is 1.08 bits per heavy atom. The minimum atomic E-state index is -0.167. The van der Waals surface area contributed by atoms with E-state index in [1.165, 1.54) is 13.8 Å². The summed E-state index contributed by atoms with van der Waals surface area (Å²) < 4.78 is 0. The van der Waals surface area contributed by atoms with E-state index in [2.05, 4.69) is 0 Å². The lowest BCUT2D eigenvalue weighted by molar-refractivity contribution is -0.119. The summed E-state index contributed by atoms with van der Waals surface area (Å²) in [4.78, 5) is 24.0. The van der Waals surface area contributed by atoms with E-state index in [1.807, 2.05) is 18.7 Å². The van der Waals surface area contributed by atoms with Crippen LogP contribution in [-0.2, 0) is 9.59 Å². The predicted molar refractivity (Wildman–Crippen MR) is 52.4 cm³/mol. The molecule has 0 amide bonds. The molecule has 0 aliphatic rings. The topological polar surface area (TPSA) is 37.4 Å². The molecule has 0 N–H and O–H groups in total. The van der Waals surface area contributed by atoms with E-state index in [1.54, 1.807) is 6.20 Å². The van der Waals surface area contributed by atoms with Crippen molar-refractivity contribution in [2.75, 3.05) is 13.1 Å². The zero-order chi connectivity index (χ0) is 10.4. The van der Waals surface area contributed by atoms with E-state index >= 15 is 0 Å². The molecule has 0 aromatic carbocycles. The summed E-state index contributed by atoms with van der Waals surface area (Å²) in [5, 5.41) is 0. The van der Waals surface area contributed by atoms with Gasteiger partial charge in [0.25, 0.3) is 0 Å². The highest BCUT2D eigenvalue weighted by atomic mass is 16.1. The zero-order valence-electron chi connectivity index (χ0n) is 8.76. The normalized spacial score (nSPS) is 9.23. The number of hydrogen-bond donors (Lipinski definition) is 0. The monoisotopic (exact) mass is 183 g/mol. The lowest BCUT2D eigenvalue weighted by Gasteiger charge is -2.16. The maximum atomic E-state index is 11.0. The van der Waals surface area contributed by atoms with Gasteiger partial charge in [-0.2, -0.15) is 0 Å². The summed E-state index contributed by atoms with van der Waals surface area (Å²) in [6.07, 6.45) is 1.64. The van der Waals surface area contributed by atoms with Gasteiger partial charge in [0.1, 0.15) is 0 Å². The van der Waals surface area contributed by atoms with Gasteiger partial charge in [-0.15, -0.1) is 0 Å². The molecule has 0 saturated carbocycles. The Balaban J connectivity index is 4.70. The van der Waals surface area contributed by atoms with E-state index in [-0.39, 0.29) is 17.1 Å². The number of carbonyl (C=O) groups excluding carboxylic acids is 2. The summed E-state index contributed by atoms with van der Waals surface area (Å²) in [6.45, 7) is 8.41. The van der Waals surface area contributed by atoms with Crippen LogP contribution < -0.4 is 0 Å². The Morgan fingerprint density at radius 3 is 1.69 bits per heavy atom. The Labute approximate surface area is 79.4 Å². The molecule has 3 heteroatoms. The third kappa shape index (κ3) is 3.87. The first-order valence-electron chi connectivity index (χ1n) is 4.50. The molecule has 0 atom stereocenters. The highest BCUT2D eigenvalue weighted by Gasteiger charge is 2.10. The van der Waals surface area contributed by atoms with Crippen LogP contribution in [-0.4, -0.2) is 29.6 Å². The number of nitrogens with zero attached hydrogens (tertiary/aromatic N) is 1. The smallest absolute Gasteiger partial charge is 0.164 e. The van der Waals surface area contributed by atoms with Crippen molar-refractivity contribution in [1.29, 1.82) is 0 Å². The number of ketones is 2. The fourth-order valence-electron chi connectivity index (χ4n) is 1.02. The molecule has 0 spiro atoms. The van der Waals surface area contributed by atoms with E-state index in [4.69, 9.17) is 0 Å². The van der Waals surface area contributed by atoms with Crippen LogP contribution in [0.2, 0.25) is 0 Å². The van der Waals surface area contributed by atoms with Gasteiger partial charge in [-0.05, 0) is 27.7 Å². The van der Waals surface area contributed by atoms with Crippen molar-refractivity contribution in [2.45, 2.75) is 27.7 Å². The minimum Gasteiger partial charge on any atom is -0.377 e. The van der Waals surface area contributed by atoms with Crippen molar-refractivity contribution in [3.8, 4) is 0 Å². The fraction of sp³-hybridized carbons (Fsp3) is 0.600. The van der Waals surface area contributed by atoms with E-state index < -0.39 is 0 Å². The van der Waals surface area contributed by atoms with Crippen LogP contribution in [0.25, 0.3) is 0 Å². The number of hydrogen-bond acceptors (Lipinski definition) is 3. The van der Waals surface area contributed by atoms with Crippen LogP contribution in [0.15, 0.2) is 11.8 Å². The fourth-order valence-corrected chi connectivity index (χ4v) is 1.02. The molecule has 0 rings (SSSR count). The molecule has 0 aliphatic carbocycles. The van der Waals surface area contributed by atoms with Gasteiger partial charge in [0, 0.05) is 19.3 Å². The standard InChI is InChI=1S/C10H17NO2/c1-5-11(6-2)7-10(8(3)12)9(4)13/h7H,5-6H2,1-4H3. The van der Waals surface area contributed by atoms with Gasteiger partial charge in [0.2, 0.25) is 0 Å². The molecular formula is C10H17NO2. The van der Waals surface area contributed by atoms with Gasteiger partial charge in [-0.25, -0.2) is 0 Å². The SMILES string of the molecule is CCN(C=C(C(C)=O)C(C)=O)CC. The number of allylic oxidation sites excluding steroid dienone is 1. The maximum absolute atomic E-state index is 11.0. The molecule has 0 radical (unpaired) electrons. The lowest BCUT2D eigenvalue weighted by Crippen LogP contribution is -2.19. The summed E-state index contributed by atoms with van der Waals surface area (Å²) in [5.74, 6) is -0.334. The third-order valence-electron chi connectivity index (χ3n) is 1.88. The lowest BCUT2D eigenvalue weighted by atomic mass is 10.1. The molecule has 0 bridgehead atoms. The van der Waals surface area contributed by atoms with Crippen molar-refractivity contribution < 1.29 is 9.59 Å². The van der Waals surface area contributed by atoms with Crippen LogP contribution in [0.5, 0.6) is 0 Å². The Bertz CT molecular complexity index is 211. The molecule has 0 heterocycles. The highest BCUT2D eigenvalue weighted by molar-refractivity contribution is 6.18. The highest BCUT2D eigenvalue weighted by Crippen LogP contribution is 2.01. The molecule has 0 aromatic heterocycles. The maximum Gasteiger partial charge on any atom is 0.164 e. The summed E-state index contributed by atoms with van der Waals surface area (Å²) in [7, 11) is 0. The molecule has 74 valence electrons. The number of Topliss-reactive ketones (excluding diaryl/α,β-unsaturated/α-hetero) is 2. The van der Waals surface area contributed by atoms with Gasteiger partial charge in [0.15, 0.2) is 11.6 Å². The average Bonchev–Trinajstić information content (AvgIpc) is 2.05. The summed E-state index contributed by atoms with van der Waals surface area (Å²) >= 11 is 0. The Morgan fingerprint density at radius 2 is 1.46 bits per heavy atom. The largest absolute Gasteiger partial charge is 0.377 e. The number of carbonyl (C=O) groups is 2. The van der Waals surface area contributed by atoms with Crippen LogP contribution in [0.4, 0.5) is 0 Å². The molecule has 0 aromatic rings. The average molecular weight is 183 g/mol. The van der Waals surface area contributed by atoms with Gasteiger partial charge in [0.05, 0.1) is 5.57 Å². The van der Waals surface area contributed by atoms with Gasteiger partial charge in [-0.1, -0.05) is 0 Å². The second kappa shape index (κ2) is 5.51. The molecule has 0 aliphatic heterocycles. The van der Waals surface area contributed by atoms with Crippen molar-refractivity contribution in [1.82, 2.24) is 4.90 Å². The van der Waals surface area contributed by atoms with Gasteiger partial charge < -0.3 is 4.90 Å². The predicted octanol–water partition coefficient (Wildman–Crippen LogP) is 1.39. The summed E-state index contributed by atoms with van der Waals surface area (Å²) in [6, 6.07) is 0. The Hall–Kier alpha value is -1.12. The van der Waals surface area contributed by atoms with Crippen LogP contribution in [0.3, 0.4) is 0 Å². The van der Waals surface area contributed by atoms with Gasteiger partial charge >= 0.3 is 0 Å². The second-order valence-corrected chi connectivity index (χ2v) is 2.88. The second-order valence-electron chi connectivity index (χ2n) is 2.88. The van der Waals surface area contributed by atoms with Crippen LogP contribution in [0.1, 0.15) is 27.7 Å². The summed E-state index contributed by atoms with van der Waals surface area (Å²) in [5.41, 5.74) is 0.281. The molecular weight excluding hydrogens is 166 g/mol. The third-order valence-corrected chi connectivity index (χ3v) is 1.88.